The number of hydrogen-bond acceptors (Lipinski definition) is 4. The van der Waals surface area contributed by atoms with Gasteiger partial charge in [-0.1, -0.05) is 76.2 Å². The SMILES string of the molecule is CC(C)COC(=O)CC(C(=O)OCC(C)C)C1c2ccccc2-c2ccccc21. The van der Waals surface area contributed by atoms with Crippen LogP contribution in [0.2, 0.25) is 0 Å². The van der Waals surface area contributed by atoms with Gasteiger partial charge in [-0.2, -0.15) is 0 Å². The first-order valence-corrected chi connectivity index (χ1v) is 10.4. The van der Waals surface area contributed by atoms with Crippen molar-refractivity contribution in [2.75, 3.05) is 13.2 Å². The van der Waals surface area contributed by atoms with E-state index in [0.717, 1.165) is 22.3 Å². The van der Waals surface area contributed by atoms with Gasteiger partial charge in [-0.25, -0.2) is 0 Å². The van der Waals surface area contributed by atoms with Gasteiger partial charge >= 0.3 is 11.9 Å². The first-order valence-electron chi connectivity index (χ1n) is 10.4. The quantitative estimate of drug-likeness (QED) is 0.577. The Morgan fingerprint density at radius 1 is 0.793 bits per heavy atom. The summed E-state index contributed by atoms with van der Waals surface area (Å²) in [5, 5.41) is 0. The molecule has 1 aliphatic rings. The molecule has 0 fully saturated rings. The van der Waals surface area contributed by atoms with E-state index in [1.807, 2.05) is 64.1 Å². The van der Waals surface area contributed by atoms with Crippen LogP contribution in [0.25, 0.3) is 11.1 Å². The van der Waals surface area contributed by atoms with Crippen molar-refractivity contribution in [2.24, 2.45) is 17.8 Å². The fourth-order valence-electron chi connectivity index (χ4n) is 3.82. The molecule has 2 aromatic carbocycles. The zero-order valence-electron chi connectivity index (χ0n) is 17.7. The Labute approximate surface area is 173 Å². The van der Waals surface area contributed by atoms with Gasteiger partial charge < -0.3 is 9.47 Å². The Morgan fingerprint density at radius 2 is 1.28 bits per heavy atom. The summed E-state index contributed by atoms with van der Waals surface area (Å²) < 4.78 is 11.0. The molecule has 0 spiro atoms. The number of fused-ring (bicyclic) bond motifs is 3. The molecule has 0 heterocycles. The van der Waals surface area contributed by atoms with E-state index in [2.05, 4.69) is 12.1 Å². The number of benzene rings is 2. The average Bonchev–Trinajstić information content (AvgIpc) is 3.03. The zero-order chi connectivity index (χ0) is 21.0. The highest BCUT2D eigenvalue weighted by atomic mass is 16.5. The Hall–Kier alpha value is -2.62. The molecule has 4 nitrogen and oxygen atoms in total. The molecule has 154 valence electrons. The molecular formula is C25H30O4. The number of rotatable bonds is 8. The van der Waals surface area contributed by atoms with E-state index in [4.69, 9.17) is 9.47 Å². The second-order valence-electron chi connectivity index (χ2n) is 8.56. The molecule has 1 aliphatic carbocycles. The van der Waals surface area contributed by atoms with Crippen LogP contribution in [0.15, 0.2) is 48.5 Å². The van der Waals surface area contributed by atoms with Crippen LogP contribution >= 0.6 is 0 Å². The monoisotopic (exact) mass is 394 g/mol. The van der Waals surface area contributed by atoms with Crippen LogP contribution in [0, 0.1) is 17.8 Å². The maximum Gasteiger partial charge on any atom is 0.310 e. The van der Waals surface area contributed by atoms with E-state index in [1.165, 1.54) is 0 Å². The van der Waals surface area contributed by atoms with Gasteiger partial charge in [-0.3, -0.25) is 9.59 Å². The summed E-state index contributed by atoms with van der Waals surface area (Å²) in [6.45, 7) is 8.67. The fraction of sp³-hybridized carbons (Fsp3) is 0.440. The highest BCUT2D eigenvalue weighted by Crippen LogP contribution is 2.49. The van der Waals surface area contributed by atoms with E-state index >= 15 is 0 Å². The summed E-state index contributed by atoms with van der Waals surface area (Å²) in [6.07, 6.45) is 0.0109. The van der Waals surface area contributed by atoms with Crippen molar-refractivity contribution < 1.29 is 19.1 Å². The molecule has 29 heavy (non-hydrogen) atoms. The molecule has 0 radical (unpaired) electrons. The largest absolute Gasteiger partial charge is 0.465 e. The molecule has 0 N–H and O–H groups in total. The summed E-state index contributed by atoms with van der Waals surface area (Å²) in [7, 11) is 0. The van der Waals surface area contributed by atoms with E-state index in [0.29, 0.717) is 13.2 Å². The van der Waals surface area contributed by atoms with E-state index in [9.17, 15) is 9.59 Å². The number of esters is 2. The predicted octanol–water partition coefficient (Wildman–Crippen LogP) is 5.20. The maximum absolute atomic E-state index is 13.1. The average molecular weight is 395 g/mol. The third kappa shape index (κ3) is 4.87. The van der Waals surface area contributed by atoms with Gasteiger partial charge in [0.15, 0.2) is 0 Å². The van der Waals surface area contributed by atoms with E-state index in [-0.39, 0.29) is 36.1 Å². The molecule has 3 rings (SSSR count). The van der Waals surface area contributed by atoms with Crippen molar-refractivity contribution in [3.63, 3.8) is 0 Å². The Morgan fingerprint density at radius 3 is 1.79 bits per heavy atom. The van der Waals surface area contributed by atoms with Gasteiger partial charge in [-0.05, 0) is 34.1 Å². The summed E-state index contributed by atoms with van der Waals surface area (Å²) in [5.74, 6) is -1.04. The molecule has 1 unspecified atom stereocenters. The van der Waals surface area contributed by atoms with Crippen molar-refractivity contribution in [1.82, 2.24) is 0 Å². The van der Waals surface area contributed by atoms with Crippen molar-refractivity contribution in [1.29, 1.82) is 0 Å². The van der Waals surface area contributed by atoms with E-state index < -0.39 is 5.92 Å². The van der Waals surface area contributed by atoms with Crippen LogP contribution in [0.1, 0.15) is 51.2 Å². The van der Waals surface area contributed by atoms with Gasteiger partial charge in [0.2, 0.25) is 0 Å². The standard InChI is InChI=1S/C25H30O4/c1-16(2)14-28-23(26)13-22(25(27)29-15-17(3)4)24-20-11-7-5-9-18(20)19-10-6-8-12-21(19)24/h5-12,16-17,22,24H,13-15H2,1-4H3. The topological polar surface area (TPSA) is 52.6 Å². The van der Waals surface area contributed by atoms with Gasteiger partial charge in [0.05, 0.1) is 25.6 Å². The molecular weight excluding hydrogens is 364 g/mol. The molecule has 1 atom stereocenters. The number of hydrogen-bond donors (Lipinski definition) is 0. The number of carbonyl (C=O) groups is 2. The summed E-state index contributed by atoms with van der Waals surface area (Å²) >= 11 is 0. The van der Waals surface area contributed by atoms with Crippen LogP contribution in [0.3, 0.4) is 0 Å². The van der Waals surface area contributed by atoms with Crippen molar-refractivity contribution >= 4 is 11.9 Å². The summed E-state index contributed by atoms with van der Waals surface area (Å²) in [6, 6.07) is 16.2. The van der Waals surface area contributed by atoms with Crippen LogP contribution in [0.4, 0.5) is 0 Å². The van der Waals surface area contributed by atoms with Crippen LogP contribution in [-0.4, -0.2) is 25.2 Å². The predicted molar refractivity (Wildman–Crippen MR) is 113 cm³/mol. The minimum Gasteiger partial charge on any atom is -0.465 e. The Bertz CT molecular complexity index is 823. The second-order valence-corrected chi connectivity index (χ2v) is 8.56. The first kappa shape index (κ1) is 21.1. The van der Waals surface area contributed by atoms with E-state index in [1.54, 1.807) is 0 Å². The van der Waals surface area contributed by atoms with Gasteiger partial charge in [0.25, 0.3) is 0 Å². The molecule has 0 saturated carbocycles. The zero-order valence-corrected chi connectivity index (χ0v) is 17.7. The molecule has 0 amide bonds. The maximum atomic E-state index is 13.1. The number of ether oxygens (including phenoxy) is 2. The number of carbonyl (C=O) groups excluding carboxylic acids is 2. The highest BCUT2D eigenvalue weighted by Gasteiger charge is 2.40. The molecule has 0 aromatic heterocycles. The van der Waals surface area contributed by atoms with Crippen LogP contribution in [0.5, 0.6) is 0 Å². The van der Waals surface area contributed by atoms with Crippen LogP contribution in [-0.2, 0) is 19.1 Å². The van der Waals surface area contributed by atoms with Gasteiger partial charge in [0.1, 0.15) is 0 Å². The smallest absolute Gasteiger partial charge is 0.310 e. The molecule has 2 aromatic rings. The van der Waals surface area contributed by atoms with Crippen molar-refractivity contribution in [2.45, 2.75) is 40.0 Å². The van der Waals surface area contributed by atoms with Gasteiger partial charge in [0, 0.05) is 5.92 Å². The lowest BCUT2D eigenvalue weighted by molar-refractivity contribution is -0.156. The first-order chi connectivity index (χ1) is 13.9. The minimum absolute atomic E-state index is 0.0109. The lowest BCUT2D eigenvalue weighted by Crippen LogP contribution is -2.29. The van der Waals surface area contributed by atoms with Crippen LogP contribution < -0.4 is 0 Å². The lowest BCUT2D eigenvalue weighted by atomic mass is 9.82. The molecule has 0 saturated heterocycles. The fourth-order valence-corrected chi connectivity index (χ4v) is 3.82. The van der Waals surface area contributed by atoms with Crippen molar-refractivity contribution in [3.05, 3.63) is 59.7 Å². The third-order valence-electron chi connectivity index (χ3n) is 5.11. The molecule has 0 bridgehead atoms. The molecule has 0 aliphatic heterocycles. The lowest BCUT2D eigenvalue weighted by Gasteiger charge is -2.24. The minimum atomic E-state index is -0.613. The normalized spacial score (nSPS) is 13.9. The van der Waals surface area contributed by atoms with Gasteiger partial charge in [-0.15, -0.1) is 0 Å². The third-order valence-corrected chi connectivity index (χ3v) is 5.11. The summed E-state index contributed by atoms with van der Waals surface area (Å²) in [5.41, 5.74) is 4.37. The summed E-state index contributed by atoms with van der Waals surface area (Å²) in [4.78, 5) is 25.6. The Balaban J connectivity index is 1.94. The molecule has 4 heteroatoms. The Kier molecular flexibility index (Phi) is 6.73. The second kappa shape index (κ2) is 9.25. The highest BCUT2D eigenvalue weighted by molar-refractivity contribution is 5.86. The van der Waals surface area contributed by atoms with Crippen molar-refractivity contribution in [3.8, 4) is 11.1 Å².